The highest BCUT2D eigenvalue weighted by molar-refractivity contribution is 7.98. The number of aryl methyl sites for hydroxylation is 1. The Hall–Kier alpha value is -10.8. The van der Waals surface area contributed by atoms with Gasteiger partial charge < -0.3 is 0 Å². The van der Waals surface area contributed by atoms with Crippen molar-refractivity contribution in [2.24, 2.45) is 16.2 Å². The van der Waals surface area contributed by atoms with Crippen LogP contribution in [0.3, 0.4) is 0 Å². The molecule has 5 aromatic carbocycles. The minimum Gasteiger partial charge on any atom is -0.291 e. The van der Waals surface area contributed by atoms with Crippen molar-refractivity contribution in [2.45, 2.75) is 143 Å². The van der Waals surface area contributed by atoms with Gasteiger partial charge in [0.1, 0.15) is 29.0 Å². The van der Waals surface area contributed by atoms with Gasteiger partial charge >= 0.3 is 6.18 Å². The summed E-state index contributed by atoms with van der Waals surface area (Å²) in [6.07, 6.45) is 16.9. The Kier molecular flexibility index (Phi) is 24.0. The van der Waals surface area contributed by atoms with E-state index in [1.54, 1.807) is 124 Å². The molecular weight excluding hydrogens is 1720 g/mol. The molecule has 3 fully saturated rings. The average Bonchev–Trinajstić information content (AvgIpc) is 1.41. The van der Waals surface area contributed by atoms with Crippen LogP contribution in [0.1, 0.15) is 148 Å². The number of carbonyl (C=O) groups excluding carboxylic acids is 3. The Labute approximate surface area is 724 Å². The minimum atomic E-state index is -4.69. The number of carbonyl (C=O) groups is 3. The van der Waals surface area contributed by atoms with E-state index in [0.717, 1.165) is 76.0 Å². The molecular formula is C89H83ClF7N15O7S5. The topological polar surface area (TPSA) is 252 Å². The molecule has 8 atom stereocenters. The summed E-state index contributed by atoms with van der Waals surface area (Å²) < 4.78 is 161. The van der Waals surface area contributed by atoms with Gasteiger partial charge in [-0.15, -0.1) is 27.8 Å². The number of halogens is 8. The van der Waals surface area contributed by atoms with Crippen molar-refractivity contribution >= 4 is 111 Å². The predicted octanol–water partition coefficient (Wildman–Crippen LogP) is 17.2. The van der Waals surface area contributed by atoms with E-state index in [2.05, 4.69) is 64.3 Å². The van der Waals surface area contributed by atoms with Gasteiger partial charge in [-0.05, 0) is 264 Å². The van der Waals surface area contributed by atoms with Crippen molar-refractivity contribution in [2.75, 3.05) is 20.1 Å². The molecule has 6 aliphatic rings. The lowest BCUT2D eigenvalue weighted by Gasteiger charge is -2.47. The van der Waals surface area contributed by atoms with Gasteiger partial charge in [0.2, 0.25) is 16.6 Å². The molecule has 0 saturated heterocycles. The average molecular weight is 1800 g/mol. The summed E-state index contributed by atoms with van der Waals surface area (Å²) in [5.74, 6) is 6.12. The van der Waals surface area contributed by atoms with Gasteiger partial charge in [0, 0.05) is 82.4 Å². The second-order valence-electron chi connectivity index (χ2n) is 31.4. The fourth-order valence-corrected chi connectivity index (χ4v) is 24.9. The molecule has 18 rings (SSSR count). The zero-order valence-corrected chi connectivity index (χ0v) is 72.4. The van der Waals surface area contributed by atoms with Crippen molar-refractivity contribution in [3.05, 3.63) is 288 Å². The summed E-state index contributed by atoms with van der Waals surface area (Å²) in [4.78, 5) is 58.0. The maximum absolute atomic E-state index is 14.4. The number of nitrogens with zero attached hydrogens (tertiary/aromatic N) is 15. The quantitative estimate of drug-likeness (QED) is 0.0368. The Morgan fingerprint density at radius 2 is 0.887 bits per heavy atom. The molecule has 7 heterocycles. The molecule has 7 aromatic heterocycles. The van der Waals surface area contributed by atoms with Crippen LogP contribution in [0.5, 0.6) is 0 Å². The van der Waals surface area contributed by atoms with Crippen molar-refractivity contribution in [3.8, 4) is 17.1 Å². The summed E-state index contributed by atoms with van der Waals surface area (Å²) in [6, 6.07) is 31.2. The van der Waals surface area contributed by atoms with Crippen LogP contribution in [-0.2, 0) is 61.4 Å². The van der Waals surface area contributed by atoms with E-state index in [-0.39, 0.29) is 65.3 Å². The van der Waals surface area contributed by atoms with Gasteiger partial charge in [-0.1, -0.05) is 42.2 Å². The third-order valence-corrected chi connectivity index (χ3v) is 32.7. The number of allylic oxidation sites excluding steroid dienone is 3. The lowest BCUT2D eigenvalue weighted by molar-refractivity contribution is -0.137. The van der Waals surface area contributed by atoms with Gasteiger partial charge in [0.15, 0.2) is 15.8 Å². The number of hydrogen-bond acceptors (Lipinski definition) is 17. The predicted molar refractivity (Wildman–Crippen MR) is 463 cm³/mol. The third-order valence-electron chi connectivity index (χ3n) is 24.5. The van der Waals surface area contributed by atoms with E-state index in [1.807, 2.05) is 27.8 Å². The van der Waals surface area contributed by atoms with Gasteiger partial charge in [0.05, 0.1) is 107 Å². The molecule has 3 saturated carbocycles. The van der Waals surface area contributed by atoms with Crippen molar-refractivity contribution in [1.29, 1.82) is 0 Å². The highest BCUT2D eigenvalue weighted by atomic mass is 35.5. The summed E-state index contributed by atoms with van der Waals surface area (Å²) >= 11 is 8.75. The fourth-order valence-electron chi connectivity index (χ4n) is 18.3. The van der Waals surface area contributed by atoms with Crippen molar-refractivity contribution in [3.63, 3.8) is 0 Å². The Bertz CT molecular complexity index is 6270. The zero-order chi connectivity index (χ0) is 87.6. The standard InChI is InChI=1S/C30H28ClFN4O2S2.C30H28F2N4O2S2.C29H27F4N7O3S/c1-3-35(40(2,38)26-12-5-22(31)6-13-26)25-9-4-21-16-27-20(19-34-36(27)24-10-7-23(32)8-11-24)17-30(21,18-25)28(37)29-33-14-15-39-29;1-3-35(40(2,38)26-12-7-23(32)8-13-26)25-9-4-21-16-27-20(19-34-36(27)24-10-5-22(31)6-11-24)17-30(21,18-25)28(37)29-33-14-15-39-29;1-3-39-35-17-26(37-39)44(42,43)38(2)23-7-4-19-13-25-18(16-36-40(25)22-8-5-21(30)6-9-22)14-28(19,15-23)27(41)24-12-20(10-11-34-24)29(31,32)33/h2*5-8,10-16,19,25H,2-4,9,17-18H2,1H3;5-6,8-13,16-17,23H,3-4,7,14-15H2,1-2H3/t2*25-,30-,40?;23-,28-/m000/s1. The molecule has 124 heavy (non-hydrogen) atoms. The summed E-state index contributed by atoms with van der Waals surface area (Å²) in [7, 11) is -8.46. The van der Waals surface area contributed by atoms with Crippen LogP contribution in [0.25, 0.3) is 35.3 Å². The number of fused-ring (bicyclic) bond motifs is 6. The van der Waals surface area contributed by atoms with Gasteiger partial charge in [-0.3, -0.25) is 19.4 Å². The van der Waals surface area contributed by atoms with Crippen LogP contribution in [0.4, 0.5) is 30.7 Å². The van der Waals surface area contributed by atoms with E-state index in [4.69, 9.17) is 11.6 Å². The number of Topliss-reactive ketones (excluding diaryl/α,β-unsaturated/α-hetero) is 3. The first-order valence-electron chi connectivity index (χ1n) is 40.0. The summed E-state index contributed by atoms with van der Waals surface area (Å²) in [5.41, 5.74) is 5.16. The number of rotatable bonds is 21. The molecule has 0 bridgehead atoms. The maximum atomic E-state index is 14.4. The molecule has 0 spiro atoms. The lowest BCUT2D eigenvalue weighted by atomic mass is 9.60. The van der Waals surface area contributed by atoms with Gasteiger partial charge in [0.25, 0.3) is 10.0 Å². The third kappa shape index (κ3) is 16.3. The molecule has 35 heteroatoms. The van der Waals surface area contributed by atoms with E-state index < -0.39 is 80.9 Å². The molecule has 0 aliphatic heterocycles. The van der Waals surface area contributed by atoms with E-state index in [9.17, 15) is 62.0 Å². The number of ketones is 3. The minimum absolute atomic E-state index is 0.00555. The number of alkyl halides is 3. The van der Waals surface area contributed by atoms with Crippen LogP contribution in [0.2, 0.25) is 5.02 Å². The Balaban J connectivity index is 0.000000138. The normalized spacial score (nSPS) is 21.2. The van der Waals surface area contributed by atoms with Gasteiger partial charge in [-0.25, -0.2) is 67.0 Å². The number of pyridine rings is 1. The zero-order valence-electron chi connectivity index (χ0n) is 67.5. The maximum Gasteiger partial charge on any atom is 0.416 e. The molecule has 6 aliphatic carbocycles. The first kappa shape index (κ1) is 86.7. The number of thiazole rings is 2. The highest BCUT2D eigenvalue weighted by Crippen LogP contribution is 2.56. The molecule has 0 N–H and O–H groups in total. The number of hydrogen-bond donors (Lipinski definition) is 0. The monoisotopic (exact) mass is 1800 g/mol. The molecule has 12 aromatic rings. The first-order chi connectivity index (χ1) is 59.3. The SMILES string of the molecule is C=S(=O)(c1ccc(Cl)cc1)N(CC)[C@H]1CCC2=Cc3c(cnn3-c3ccc(F)cc3)C[C@]2(C(=O)c2nccs2)C1.C=S(=O)(c1ccc(F)cc1)N(CC)[C@H]1CCC2=Cc3c(cnn3-c3ccc(F)cc3)C[C@]2(C(=O)c2nccs2)C1.CCn1ncc(S(=O)(=O)N(C)[C@H]2CCC3=Cc4c(cnn4-c4ccc(F)cc4)C[C@]3(C(=O)c3cc(C(F)(F)F)ccn3)C2)n1. The summed E-state index contributed by atoms with van der Waals surface area (Å²) in [5, 5.41) is 26.5. The van der Waals surface area contributed by atoms with Crippen LogP contribution in [0, 0.1) is 39.5 Å². The second-order valence-corrected chi connectivity index (χ2v) is 40.1. The van der Waals surface area contributed by atoms with Crippen molar-refractivity contribution in [1.82, 2.24) is 72.2 Å². The molecule has 642 valence electrons. The number of sulfonamides is 1. The van der Waals surface area contributed by atoms with Gasteiger partial charge in [-0.2, -0.15) is 42.7 Å². The smallest absolute Gasteiger partial charge is 0.291 e. The Morgan fingerprint density at radius 3 is 1.26 bits per heavy atom. The largest absolute Gasteiger partial charge is 0.416 e. The van der Waals surface area contributed by atoms with E-state index in [0.29, 0.717) is 118 Å². The number of benzene rings is 5. The van der Waals surface area contributed by atoms with Crippen LogP contribution < -0.4 is 0 Å². The second kappa shape index (κ2) is 34.3. The van der Waals surface area contributed by atoms with Crippen LogP contribution in [-0.4, -0.2) is 156 Å². The Morgan fingerprint density at radius 1 is 0.508 bits per heavy atom. The molecule has 0 radical (unpaired) electrons. The highest BCUT2D eigenvalue weighted by Gasteiger charge is 2.55. The molecule has 0 amide bonds. The lowest BCUT2D eigenvalue weighted by Crippen LogP contribution is -2.50. The molecule has 22 nitrogen and oxygen atoms in total. The molecule has 2 unspecified atom stereocenters. The fraction of sp³-hybridized carbons (Fsp3) is 0.292. The summed E-state index contributed by atoms with van der Waals surface area (Å²) in [6.45, 7) is 7.02. The van der Waals surface area contributed by atoms with Crippen molar-refractivity contribution < 1.29 is 62.0 Å². The van der Waals surface area contributed by atoms with E-state index >= 15 is 0 Å². The first-order valence-corrected chi connectivity index (χ1v) is 47.0. The van der Waals surface area contributed by atoms with Crippen LogP contribution >= 0.6 is 34.3 Å². The van der Waals surface area contributed by atoms with E-state index in [1.165, 1.54) is 99.5 Å². The number of aromatic nitrogens is 12. The van der Waals surface area contributed by atoms with Crippen LogP contribution in [0.15, 0.2) is 219 Å².